The van der Waals surface area contributed by atoms with Gasteiger partial charge in [-0.05, 0) is 68.4 Å². The van der Waals surface area contributed by atoms with Crippen molar-refractivity contribution in [2.45, 2.75) is 44.7 Å². The number of nitrogens with zero attached hydrogens (tertiary/aromatic N) is 2. The van der Waals surface area contributed by atoms with Crippen molar-refractivity contribution in [1.82, 2.24) is 14.9 Å². The van der Waals surface area contributed by atoms with Crippen LogP contribution < -0.4 is 5.32 Å². The minimum atomic E-state index is 0.0251. The Labute approximate surface area is 130 Å². The summed E-state index contributed by atoms with van der Waals surface area (Å²) in [7, 11) is 0. The smallest absolute Gasteiger partial charge is 0.268 e. The van der Waals surface area contributed by atoms with Crippen molar-refractivity contribution in [1.29, 1.82) is 0 Å². The molecule has 4 heteroatoms. The summed E-state index contributed by atoms with van der Waals surface area (Å²) in [4.78, 5) is 17.2. The number of aryl methyl sites for hydroxylation is 1. The first kappa shape index (κ1) is 13.6. The molecule has 1 N–H and O–H groups in total. The molecule has 0 aromatic carbocycles. The monoisotopic (exact) mass is 295 g/mol. The highest BCUT2D eigenvalue weighted by Crippen LogP contribution is 2.41. The van der Waals surface area contributed by atoms with Crippen LogP contribution in [0.2, 0.25) is 0 Å². The first-order valence-electron chi connectivity index (χ1n) is 8.12. The maximum Gasteiger partial charge on any atom is 0.268 e. The van der Waals surface area contributed by atoms with Crippen LogP contribution in [0.25, 0.3) is 0 Å². The number of aromatic nitrogens is 2. The number of hydrogen-bond acceptors (Lipinski definition) is 2. The summed E-state index contributed by atoms with van der Waals surface area (Å²) < 4.78 is 2.11. The Morgan fingerprint density at radius 2 is 2.14 bits per heavy atom. The zero-order valence-corrected chi connectivity index (χ0v) is 12.8. The van der Waals surface area contributed by atoms with E-state index in [0.717, 1.165) is 11.4 Å². The molecule has 114 valence electrons. The van der Waals surface area contributed by atoms with Crippen molar-refractivity contribution >= 4 is 5.91 Å². The molecule has 2 heterocycles. The van der Waals surface area contributed by atoms with Crippen LogP contribution in [0, 0.1) is 12.8 Å². The predicted octanol–water partition coefficient (Wildman–Crippen LogP) is 3.41. The van der Waals surface area contributed by atoms with Crippen LogP contribution in [0.1, 0.15) is 59.5 Å². The van der Waals surface area contributed by atoms with Gasteiger partial charge in [-0.15, -0.1) is 0 Å². The molecular formula is C18H21N3O. The molecule has 0 bridgehead atoms. The molecule has 4 rings (SSSR count). The van der Waals surface area contributed by atoms with Crippen molar-refractivity contribution in [2.24, 2.45) is 5.92 Å². The van der Waals surface area contributed by atoms with Crippen molar-refractivity contribution in [2.75, 3.05) is 0 Å². The van der Waals surface area contributed by atoms with Gasteiger partial charge < -0.3 is 9.88 Å². The third-order valence-corrected chi connectivity index (χ3v) is 4.59. The zero-order valence-electron chi connectivity index (χ0n) is 12.8. The summed E-state index contributed by atoms with van der Waals surface area (Å²) >= 11 is 0. The van der Waals surface area contributed by atoms with E-state index in [4.69, 9.17) is 0 Å². The average molecular weight is 295 g/mol. The lowest BCUT2D eigenvalue weighted by molar-refractivity contribution is 0.0921. The average Bonchev–Trinajstić information content (AvgIpc) is 3.43. The summed E-state index contributed by atoms with van der Waals surface area (Å²) in [5.41, 5.74) is 2.95. The molecule has 1 amide bonds. The van der Waals surface area contributed by atoms with Gasteiger partial charge in [-0.1, -0.05) is 0 Å². The third kappa shape index (κ3) is 2.65. The molecule has 0 saturated heterocycles. The van der Waals surface area contributed by atoms with Gasteiger partial charge in [-0.3, -0.25) is 9.78 Å². The topological polar surface area (TPSA) is 46.9 Å². The minimum Gasteiger partial charge on any atom is -0.342 e. The number of carbonyl (C=O) groups excluding carboxylic acids is 1. The summed E-state index contributed by atoms with van der Waals surface area (Å²) in [6.45, 7) is 2.06. The van der Waals surface area contributed by atoms with Gasteiger partial charge in [-0.25, -0.2) is 0 Å². The molecule has 2 aliphatic carbocycles. The molecule has 22 heavy (non-hydrogen) atoms. The summed E-state index contributed by atoms with van der Waals surface area (Å²) in [5, 5.41) is 3.23. The number of pyridine rings is 1. The molecule has 2 aromatic heterocycles. The number of carbonyl (C=O) groups is 1. The number of nitrogens with one attached hydrogen (secondary N) is 1. The molecule has 0 spiro atoms. The molecule has 1 atom stereocenters. The van der Waals surface area contributed by atoms with Gasteiger partial charge in [0.15, 0.2) is 0 Å². The molecule has 2 aromatic rings. The number of amides is 1. The Balaban J connectivity index is 1.56. The largest absolute Gasteiger partial charge is 0.342 e. The summed E-state index contributed by atoms with van der Waals surface area (Å²) in [5.74, 6) is 0.555. The van der Waals surface area contributed by atoms with Crippen molar-refractivity contribution in [3.63, 3.8) is 0 Å². The van der Waals surface area contributed by atoms with Gasteiger partial charge in [0.25, 0.3) is 5.91 Å². The fourth-order valence-corrected chi connectivity index (χ4v) is 3.06. The van der Waals surface area contributed by atoms with E-state index >= 15 is 0 Å². The number of rotatable bonds is 5. The molecule has 2 fully saturated rings. The Kier molecular flexibility index (Phi) is 3.25. The lowest BCUT2D eigenvalue weighted by Crippen LogP contribution is -2.31. The van der Waals surface area contributed by atoms with Crippen LogP contribution in [-0.4, -0.2) is 15.5 Å². The van der Waals surface area contributed by atoms with E-state index < -0.39 is 0 Å². The third-order valence-electron chi connectivity index (χ3n) is 4.59. The van der Waals surface area contributed by atoms with Gasteiger partial charge in [-0.2, -0.15) is 0 Å². The van der Waals surface area contributed by atoms with Crippen molar-refractivity contribution in [3.05, 3.63) is 53.6 Å². The normalized spacial score (nSPS) is 19.0. The molecule has 0 radical (unpaired) electrons. The maximum absolute atomic E-state index is 12.7. The standard InChI is InChI=1S/C18H21N3O/c1-12-8-9-19-15(11-12)17(13-4-5-13)20-18(22)16-3-2-10-21(16)14-6-7-14/h2-3,8-11,13-14,17H,4-7H2,1H3,(H,20,22)/t17-/m1/s1. The first-order valence-corrected chi connectivity index (χ1v) is 8.12. The lowest BCUT2D eigenvalue weighted by atomic mass is 10.1. The quantitative estimate of drug-likeness (QED) is 0.919. The van der Waals surface area contributed by atoms with Gasteiger partial charge in [0.05, 0.1) is 11.7 Å². The molecule has 0 aliphatic heterocycles. The van der Waals surface area contributed by atoms with Crippen LogP contribution in [-0.2, 0) is 0 Å². The van der Waals surface area contributed by atoms with Crippen LogP contribution in [0.5, 0.6) is 0 Å². The van der Waals surface area contributed by atoms with E-state index in [1.807, 2.05) is 30.6 Å². The van der Waals surface area contributed by atoms with E-state index in [9.17, 15) is 4.79 Å². The molecule has 4 nitrogen and oxygen atoms in total. The highest BCUT2D eigenvalue weighted by atomic mass is 16.2. The van der Waals surface area contributed by atoms with E-state index in [-0.39, 0.29) is 11.9 Å². The first-order chi connectivity index (χ1) is 10.7. The van der Waals surface area contributed by atoms with E-state index in [1.165, 1.54) is 31.2 Å². The molecule has 2 aliphatic rings. The molecule has 0 unspecified atom stereocenters. The van der Waals surface area contributed by atoms with Crippen LogP contribution in [0.15, 0.2) is 36.7 Å². The van der Waals surface area contributed by atoms with Crippen LogP contribution >= 0.6 is 0 Å². The highest BCUT2D eigenvalue weighted by molar-refractivity contribution is 5.93. The van der Waals surface area contributed by atoms with Crippen LogP contribution in [0.3, 0.4) is 0 Å². The van der Waals surface area contributed by atoms with E-state index in [1.54, 1.807) is 0 Å². The highest BCUT2D eigenvalue weighted by Gasteiger charge is 2.35. The second kappa shape index (κ2) is 5.27. The van der Waals surface area contributed by atoms with E-state index in [0.29, 0.717) is 12.0 Å². The van der Waals surface area contributed by atoms with Crippen LogP contribution in [0.4, 0.5) is 0 Å². The fraction of sp³-hybridized carbons (Fsp3) is 0.444. The predicted molar refractivity (Wildman–Crippen MR) is 84.6 cm³/mol. The van der Waals surface area contributed by atoms with Crippen molar-refractivity contribution in [3.8, 4) is 0 Å². The maximum atomic E-state index is 12.7. The SMILES string of the molecule is Cc1ccnc([C@H](NC(=O)c2cccn2C2CC2)C2CC2)c1. The van der Waals surface area contributed by atoms with Gasteiger partial charge in [0.2, 0.25) is 0 Å². The molecular weight excluding hydrogens is 274 g/mol. The Morgan fingerprint density at radius 3 is 2.82 bits per heavy atom. The molecule has 2 saturated carbocycles. The Morgan fingerprint density at radius 1 is 1.32 bits per heavy atom. The lowest BCUT2D eigenvalue weighted by Gasteiger charge is -2.19. The van der Waals surface area contributed by atoms with Crippen molar-refractivity contribution < 1.29 is 4.79 Å². The van der Waals surface area contributed by atoms with Gasteiger partial charge in [0.1, 0.15) is 5.69 Å². The van der Waals surface area contributed by atoms with Gasteiger partial charge in [0, 0.05) is 18.4 Å². The second-order valence-electron chi connectivity index (χ2n) is 6.58. The summed E-state index contributed by atoms with van der Waals surface area (Å²) in [6.07, 6.45) is 8.55. The van der Waals surface area contributed by atoms with Gasteiger partial charge >= 0.3 is 0 Å². The van der Waals surface area contributed by atoms with E-state index in [2.05, 4.69) is 27.9 Å². The fourth-order valence-electron chi connectivity index (χ4n) is 3.06. The Bertz CT molecular complexity index is 698. The number of hydrogen-bond donors (Lipinski definition) is 1. The minimum absolute atomic E-state index is 0.0251. The zero-order chi connectivity index (χ0) is 15.1. The summed E-state index contributed by atoms with van der Waals surface area (Å²) in [6, 6.07) is 8.52. The second-order valence-corrected chi connectivity index (χ2v) is 6.58. The Hall–Kier alpha value is -2.10.